The second kappa shape index (κ2) is 18.5. The Labute approximate surface area is 143 Å². The molecule has 0 aromatic rings. The third-order valence-electron chi connectivity index (χ3n) is 2.69. The monoisotopic (exact) mass is 353 g/mol. The van der Waals surface area contributed by atoms with Gasteiger partial charge in [-0.05, 0) is 6.92 Å². The van der Waals surface area contributed by atoms with E-state index in [0.717, 1.165) is 0 Å². The topological polar surface area (TPSA) is 119 Å². The average Bonchev–Trinajstić information content (AvgIpc) is 2.57. The van der Waals surface area contributed by atoms with Crippen LogP contribution in [0.5, 0.6) is 0 Å². The molecule has 0 aromatic heterocycles. The largest absolute Gasteiger partial charge is 0.479 e. The van der Waals surface area contributed by atoms with Crippen molar-refractivity contribution in [3.8, 4) is 0 Å². The molecule has 0 aliphatic heterocycles. The highest BCUT2D eigenvalue weighted by atomic mass is 16.6. The van der Waals surface area contributed by atoms with Crippen LogP contribution in [0.2, 0.25) is 0 Å². The molecule has 0 saturated heterocycles. The zero-order valence-electron chi connectivity index (χ0n) is 14.4. The van der Waals surface area contributed by atoms with Crippen molar-refractivity contribution in [3.63, 3.8) is 0 Å². The highest BCUT2D eigenvalue weighted by molar-refractivity contribution is 5.71. The summed E-state index contributed by atoms with van der Waals surface area (Å²) in [7, 11) is 0. The minimum Gasteiger partial charge on any atom is -0.479 e. The van der Waals surface area contributed by atoms with Crippen LogP contribution in [-0.2, 0) is 33.2 Å². The van der Waals surface area contributed by atoms with Crippen LogP contribution in [0.25, 0.3) is 0 Å². The minimum atomic E-state index is -0.983. The molecule has 3 N–H and O–H groups in total. The van der Waals surface area contributed by atoms with Gasteiger partial charge in [-0.3, -0.25) is 0 Å². The lowest BCUT2D eigenvalue weighted by Crippen LogP contribution is -2.22. The van der Waals surface area contributed by atoms with E-state index in [-0.39, 0.29) is 6.61 Å². The molecule has 9 nitrogen and oxygen atoms in total. The van der Waals surface area contributed by atoms with E-state index in [9.17, 15) is 4.79 Å². The Bertz CT molecular complexity index is 280. The Morgan fingerprint density at radius 3 is 1.42 bits per heavy atom. The standard InChI is InChI=1S/C15H31NO8/c1-14(15(17)18)24-13-12-23-11-10-22-9-8-21-7-6-20-5-4-19-3-2-16/h14H,2-13,16H2,1H3,(H,17,18). The number of rotatable bonds is 19. The van der Waals surface area contributed by atoms with E-state index in [1.54, 1.807) is 0 Å². The molecule has 144 valence electrons. The molecule has 0 radical (unpaired) electrons. The summed E-state index contributed by atoms with van der Waals surface area (Å²) in [5.74, 6) is -0.983. The third kappa shape index (κ3) is 17.5. The van der Waals surface area contributed by atoms with Gasteiger partial charge in [0.15, 0.2) is 6.10 Å². The van der Waals surface area contributed by atoms with Gasteiger partial charge in [-0.25, -0.2) is 4.79 Å². The summed E-state index contributed by atoms with van der Waals surface area (Å²) in [6.07, 6.45) is -0.815. The highest BCUT2D eigenvalue weighted by Crippen LogP contribution is 1.90. The molecule has 0 fully saturated rings. The minimum absolute atomic E-state index is 0.244. The molecule has 24 heavy (non-hydrogen) atoms. The van der Waals surface area contributed by atoms with Gasteiger partial charge in [0.25, 0.3) is 0 Å². The molecule has 0 rings (SSSR count). The Kier molecular flexibility index (Phi) is 17.9. The van der Waals surface area contributed by atoms with E-state index in [4.69, 9.17) is 39.3 Å². The zero-order chi connectivity index (χ0) is 17.9. The third-order valence-corrected chi connectivity index (χ3v) is 2.69. The predicted octanol–water partition coefficient (Wildman–Crippen LogP) is -0.482. The SMILES string of the molecule is CC(OCCOCCOCCOCCOCCOCCN)C(=O)O. The molecule has 0 aliphatic carbocycles. The van der Waals surface area contributed by atoms with Crippen LogP contribution in [0.4, 0.5) is 0 Å². The Balaban J connectivity index is 3.04. The number of aliphatic carboxylic acids is 1. The van der Waals surface area contributed by atoms with Crippen LogP contribution in [0, 0.1) is 0 Å². The first-order valence-electron chi connectivity index (χ1n) is 8.11. The van der Waals surface area contributed by atoms with Crippen LogP contribution in [-0.4, -0.2) is 96.4 Å². The Hall–Kier alpha value is -0.810. The Morgan fingerprint density at radius 1 is 0.750 bits per heavy atom. The van der Waals surface area contributed by atoms with Crippen molar-refractivity contribution < 1.29 is 38.3 Å². The molecule has 0 aromatic carbocycles. The summed E-state index contributed by atoms with van der Waals surface area (Å²) in [6.45, 7) is 7.09. The molecular weight excluding hydrogens is 322 g/mol. The van der Waals surface area contributed by atoms with Crippen LogP contribution in [0.3, 0.4) is 0 Å². The summed E-state index contributed by atoms with van der Waals surface area (Å²) in [5.41, 5.74) is 5.28. The highest BCUT2D eigenvalue weighted by Gasteiger charge is 2.09. The van der Waals surface area contributed by atoms with Crippen LogP contribution >= 0.6 is 0 Å². The second-order valence-electron chi connectivity index (χ2n) is 4.70. The van der Waals surface area contributed by atoms with Crippen molar-refractivity contribution in [2.45, 2.75) is 13.0 Å². The first-order chi connectivity index (χ1) is 11.7. The molecule has 0 spiro atoms. The van der Waals surface area contributed by atoms with Gasteiger partial charge in [0.1, 0.15) is 0 Å². The number of carboxylic acids is 1. The van der Waals surface area contributed by atoms with Crippen molar-refractivity contribution in [2.24, 2.45) is 5.73 Å². The first kappa shape index (κ1) is 23.2. The number of ether oxygens (including phenoxy) is 6. The molecule has 0 bridgehead atoms. The van der Waals surface area contributed by atoms with E-state index in [1.807, 2.05) is 0 Å². The van der Waals surface area contributed by atoms with Crippen LogP contribution in [0.15, 0.2) is 0 Å². The smallest absolute Gasteiger partial charge is 0.332 e. The molecule has 0 amide bonds. The molecule has 0 saturated carbocycles. The summed E-state index contributed by atoms with van der Waals surface area (Å²) in [5, 5.41) is 8.60. The first-order valence-corrected chi connectivity index (χ1v) is 8.11. The lowest BCUT2D eigenvalue weighted by atomic mass is 10.4. The van der Waals surface area contributed by atoms with E-state index in [2.05, 4.69) is 0 Å². The maximum atomic E-state index is 10.5. The average molecular weight is 353 g/mol. The molecule has 9 heteroatoms. The second-order valence-corrected chi connectivity index (χ2v) is 4.70. The lowest BCUT2D eigenvalue weighted by molar-refractivity contribution is -0.150. The van der Waals surface area contributed by atoms with E-state index in [0.29, 0.717) is 72.6 Å². The van der Waals surface area contributed by atoms with Crippen molar-refractivity contribution in [2.75, 3.05) is 79.2 Å². The van der Waals surface area contributed by atoms with Crippen molar-refractivity contribution in [1.82, 2.24) is 0 Å². The Morgan fingerprint density at radius 2 is 1.08 bits per heavy atom. The molecular formula is C15H31NO8. The van der Waals surface area contributed by atoms with Gasteiger partial charge in [0, 0.05) is 6.54 Å². The summed E-state index contributed by atoms with van der Waals surface area (Å²) >= 11 is 0. The molecule has 0 heterocycles. The van der Waals surface area contributed by atoms with Crippen molar-refractivity contribution in [1.29, 1.82) is 0 Å². The fraction of sp³-hybridized carbons (Fsp3) is 0.933. The molecule has 0 aliphatic rings. The van der Waals surface area contributed by atoms with Crippen molar-refractivity contribution >= 4 is 5.97 Å². The summed E-state index contributed by atoms with van der Waals surface area (Å²) in [4.78, 5) is 10.5. The zero-order valence-corrected chi connectivity index (χ0v) is 14.4. The van der Waals surface area contributed by atoms with Gasteiger partial charge in [0.2, 0.25) is 0 Å². The quantitative estimate of drug-likeness (QED) is 0.297. The van der Waals surface area contributed by atoms with Gasteiger partial charge in [-0.15, -0.1) is 0 Å². The fourth-order valence-corrected chi connectivity index (χ4v) is 1.42. The number of carboxylic acid groups (broad SMARTS) is 1. The summed E-state index contributed by atoms with van der Waals surface area (Å²) < 4.78 is 31.3. The van der Waals surface area contributed by atoms with Gasteiger partial charge >= 0.3 is 5.97 Å². The molecule has 1 unspecified atom stereocenters. The maximum absolute atomic E-state index is 10.5. The van der Waals surface area contributed by atoms with Gasteiger partial charge in [-0.2, -0.15) is 0 Å². The number of nitrogens with two attached hydrogens (primary N) is 1. The van der Waals surface area contributed by atoms with E-state index in [1.165, 1.54) is 6.92 Å². The normalized spacial score (nSPS) is 12.4. The van der Waals surface area contributed by atoms with Crippen LogP contribution in [0.1, 0.15) is 6.92 Å². The van der Waals surface area contributed by atoms with E-state index >= 15 is 0 Å². The lowest BCUT2D eigenvalue weighted by Gasteiger charge is -2.09. The van der Waals surface area contributed by atoms with Crippen LogP contribution < -0.4 is 5.73 Å². The number of carbonyl (C=O) groups is 1. The summed E-state index contributed by atoms with van der Waals surface area (Å²) in [6, 6.07) is 0. The number of hydrogen-bond donors (Lipinski definition) is 2. The van der Waals surface area contributed by atoms with Gasteiger partial charge in [-0.1, -0.05) is 0 Å². The van der Waals surface area contributed by atoms with E-state index < -0.39 is 12.1 Å². The number of hydrogen-bond acceptors (Lipinski definition) is 8. The van der Waals surface area contributed by atoms with Gasteiger partial charge in [0.05, 0.1) is 72.7 Å². The fourth-order valence-electron chi connectivity index (χ4n) is 1.42. The molecule has 1 atom stereocenters. The maximum Gasteiger partial charge on any atom is 0.332 e. The van der Waals surface area contributed by atoms with Crippen molar-refractivity contribution in [3.05, 3.63) is 0 Å². The van der Waals surface area contributed by atoms with Gasteiger partial charge < -0.3 is 39.3 Å². The predicted molar refractivity (Wildman–Crippen MR) is 86.2 cm³/mol.